The second-order valence-corrected chi connectivity index (χ2v) is 3.39. The van der Waals surface area contributed by atoms with Crippen LogP contribution in [0, 0.1) is 0 Å². The molecule has 13 heavy (non-hydrogen) atoms. The lowest BCUT2D eigenvalue weighted by Gasteiger charge is -1.91. The van der Waals surface area contributed by atoms with Gasteiger partial charge in [0.2, 0.25) is 0 Å². The molecule has 4 nitrogen and oxygen atoms in total. The quantitative estimate of drug-likeness (QED) is 0.451. The number of benzene rings is 1. The van der Waals surface area contributed by atoms with Gasteiger partial charge in [-0.25, -0.2) is 0 Å². The first-order valence-corrected chi connectivity index (χ1v) is 4.47. The number of nitrogens with two attached hydrogens (primary N) is 1. The Morgan fingerprint density at radius 2 is 2.38 bits per heavy atom. The molecule has 2 aromatic rings. The predicted molar refractivity (Wildman–Crippen MR) is 55.6 cm³/mol. The molecular weight excluding hydrogens is 232 g/mol. The van der Waals surface area contributed by atoms with Crippen molar-refractivity contribution in [2.45, 2.75) is 0 Å². The maximum absolute atomic E-state index is 5.05. The normalized spacial score (nSPS) is 11.5. The Labute approximate surface area is 82.9 Å². The van der Waals surface area contributed by atoms with E-state index in [1.165, 1.54) is 0 Å². The molecule has 0 bridgehead atoms. The second-order valence-electron chi connectivity index (χ2n) is 2.59. The maximum atomic E-state index is 5.05. The Morgan fingerprint density at radius 1 is 1.54 bits per heavy atom. The molecule has 0 radical (unpaired) electrons. The number of rotatable bonds is 1. The van der Waals surface area contributed by atoms with Gasteiger partial charge in [0.25, 0.3) is 0 Å². The molecule has 0 atom stereocenters. The number of hydrogen-bond acceptors (Lipinski definition) is 3. The summed E-state index contributed by atoms with van der Waals surface area (Å²) in [5, 5.41) is 11.4. The van der Waals surface area contributed by atoms with Crippen molar-refractivity contribution in [3.63, 3.8) is 0 Å². The van der Waals surface area contributed by atoms with Crippen LogP contribution >= 0.6 is 15.9 Å². The maximum Gasteiger partial charge on any atom is 0.108 e. The van der Waals surface area contributed by atoms with Gasteiger partial charge in [-0.1, -0.05) is 6.07 Å². The molecule has 0 fully saturated rings. The number of nitrogens with one attached hydrogen (secondary N) is 1. The van der Waals surface area contributed by atoms with Crippen molar-refractivity contribution in [2.24, 2.45) is 10.9 Å². The fourth-order valence-electron chi connectivity index (χ4n) is 1.16. The summed E-state index contributed by atoms with van der Waals surface area (Å²) in [6, 6.07) is 5.78. The smallest absolute Gasteiger partial charge is 0.108 e. The molecule has 2 rings (SSSR count). The molecule has 3 N–H and O–H groups in total. The number of nitrogens with zero attached hydrogens (tertiary/aromatic N) is 2. The third-order valence-electron chi connectivity index (χ3n) is 1.76. The minimum atomic E-state index is 0.870. The number of halogens is 1. The standard InChI is InChI=1S/C8H7BrN4/c9-8-6-3-5(4-11-10)1-2-7(6)12-13-8/h1-4H,10H2,(H,12,13). The van der Waals surface area contributed by atoms with Crippen LogP contribution in [0.2, 0.25) is 0 Å². The molecule has 0 aliphatic rings. The van der Waals surface area contributed by atoms with Gasteiger partial charge in [-0.3, -0.25) is 5.10 Å². The highest BCUT2D eigenvalue weighted by Crippen LogP contribution is 2.21. The molecular formula is C8H7BrN4. The minimum absolute atomic E-state index is 0.870. The van der Waals surface area contributed by atoms with Gasteiger partial charge in [0.05, 0.1) is 11.7 Å². The van der Waals surface area contributed by atoms with Crippen LogP contribution in [0.1, 0.15) is 5.56 Å². The molecule has 1 aromatic heterocycles. The van der Waals surface area contributed by atoms with Gasteiger partial charge in [0, 0.05) is 5.39 Å². The highest BCUT2D eigenvalue weighted by molar-refractivity contribution is 9.10. The Bertz CT molecular complexity index is 460. The predicted octanol–water partition coefficient (Wildman–Crippen LogP) is 1.62. The Kier molecular flexibility index (Phi) is 2.02. The summed E-state index contributed by atoms with van der Waals surface area (Å²) in [6.45, 7) is 0. The van der Waals surface area contributed by atoms with Crippen LogP contribution in [-0.2, 0) is 0 Å². The van der Waals surface area contributed by atoms with Gasteiger partial charge >= 0.3 is 0 Å². The summed E-state index contributed by atoms with van der Waals surface area (Å²) in [5.41, 5.74) is 1.87. The van der Waals surface area contributed by atoms with Gasteiger partial charge in [0.15, 0.2) is 0 Å². The van der Waals surface area contributed by atoms with Crippen LogP contribution < -0.4 is 5.84 Å². The van der Waals surface area contributed by atoms with Crippen molar-refractivity contribution in [1.29, 1.82) is 0 Å². The number of fused-ring (bicyclic) bond motifs is 1. The number of aromatic nitrogens is 2. The largest absolute Gasteiger partial charge is 0.323 e. The molecule has 0 unspecified atom stereocenters. The Morgan fingerprint density at radius 3 is 3.15 bits per heavy atom. The molecule has 5 heteroatoms. The van der Waals surface area contributed by atoms with Gasteiger partial charge in [0.1, 0.15) is 4.60 Å². The van der Waals surface area contributed by atoms with E-state index in [1.807, 2.05) is 18.2 Å². The number of H-pyrrole nitrogens is 1. The van der Waals surface area contributed by atoms with Crippen molar-refractivity contribution >= 4 is 33.0 Å². The van der Waals surface area contributed by atoms with E-state index < -0.39 is 0 Å². The third kappa shape index (κ3) is 1.42. The molecule has 1 heterocycles. The van der Waals surface area contributed by atoms with Crippen molar-refractivity contribution < 1.29 is 0 Å². The monoisotopic (exact) mass is 238 g/mol. The zero-order valence-corrected chi connectivity index (χ0v) is 8.25. The average Bonchev–Trinajstić information content (AvgIpc) is 2.49. The number of hydrazone groups is 1. The Hall–Kier alpha value is -1.36. The molecule has 0 aliphatic carbocycles. The minimum Gasteiger partial charge on any atom is -0.323 e. The molecule has 1 aromatic carbocycles. The lowest BCUT2D eigenvalue weighted by atomic mass is 10.2. The number of aromatic amines is 1. The first kappa shape index (κ1) is 8.25. The van der Waals surface area contributed by atoms with E-state index in [1.54, 1.807) is 6.21 Å². The van der Waals surface area contributed by atoms with Crippen LogP contribution in [0.5, 0.6) is 0 Å². The van der Waals surface area contributed by atoms with Crippen LogP contribution in [0.15, 0.2) is 27.9 Å². The van der Waals surface area contributed by atoms with E-state index in [4.69, 9.17) is 5.84 Å². The van der Waals surface area contributed by atoms with Crippen molar-refractivity contribution in [2.75, 3.05) is 0 Å². The van der Waals surface area contributed by atoms with Crippen molar-refractivity contribution in [3.8, 4) is 0 Å². The molecule has 0 amide bonds. The van der Waals surface area contributed by atoms with Crippen molar-refractivity contribution in [3.05, 3.63) is 28.4 Å². The van der Waals surface area contributed by atoms with E-state index >= 15 is 0 Å². The van der Waals surface area contributed by atoms with Crippen LogP contribution in [0.25, 0.3) is 10.9 Å². The molecule has 0 saturated carbocycles. The van der Waals surface area contributed by atoms with Crippen LogP contribution in [0.3, 0.4) is 0 Å². The molecule has 0 saturated heterocycles. The van der Waals surface area contributed by atoms with E-state index in [0.29, 0.717) is 0 Å². The SMILES string of the molecule is NN=Cc1ccc2n[nH]c(Br)c2c1. The average molecular weight is 239 g/mol. The summed E-state index contributed by atoms with van der Waals surface area (Å²) in [6.07, 6.45) is 1.60. The Balaban J connectivity index is 2.65. The van der Waals surface area contributed by atoms with E-state index in [-0.39, 0.29) is 0 Å². The fourth-order valence-corrected chi connectivity index (χ4v) is 1.57. The lowest BCUT2D eigenvalue weighted by Crippen LogP contribution is -1.85. The van der Waals surface area contributed by atoms with Gasteiger partial charge in [-0.2, -0.15) is 10.2 Å². The summed E-state index contributed by atoms with van der Waals surface area (Å²) in [7, 11) is 0. The number of hydrogen-bond donors (Lipinski definition) is 2. The van der Waals surface area contributed by atoms with E-state index in [0.717, 1.165) is 21.1 Å². The zero-order chi connectivity index (χ0) is 9.26. The third-order valence-corrected chi connectivity index (χ3v) is 2.36. The highest BCUT2D eigenvalue weighted by atomic mass is 79.9. The first-order chi connectivity index (χ1) is 6.31. The summed E-state index contributed by atoms with van der Waals surface area (Å²) in [4.78, 5) is 0. The molecule has 66 valence electrons. The van der Waals surface area contributed by atoms with Crippen LogP contribution in [0.4, 0.5) is 0 Å². The van der Waals surface area contributed by atoms with Gasteiger partial charge in [-0.05, 0) is 33.6 Å². The van der Waals surface area contributed by atoms with Gasteiger partial charge in [-0.15, -0.1) is 0 Å². The van der Waals surface area contributed by atoms with E-state index in [9.17, 15) is 0 Å². The lowest BCUT2D eigenvalue weighted by molar-refractivity contribution is 1.10. The summed E-state index contributed by atoms with van der Waals surface area (Å²) in [5.74, 6) is 5.05. The zero-order valence-electron chi connectivity index (χ0n) is 6.66. The van der Waals surface area contributed by atoms with Crippen molar-refractivity contribution in [1.82, 2.24) is 10.2 Å². The first-order valence-electron chi connectivity index (χ1n) is 3.68. The molecule has 0 spiro atoms. The summed E-state index contributed by atoms with van der Waals surface area (Å²) < 4.78 is 0.870. The van der Waals surface area contributed by atoms with E-state index in [2.05, 4.69) is 31.2 Å². The molecule has 0 aliphatic heterocycles. The fraction of sp³-hybridized carbons (Fsp3) is 0. The van der Waals surface area contributed by atoms with Gasteiger partial charge < -0.3 is 5.84 Å². The summed E-state index contributed by atoms with van der Waals surface area (Å²) >= 11 is 3.36. The topological polar surface area (TPSA) is 67.1 Å². The second kappa shape index (κ2) is 3.18. The highest BCUT2D eigenvalue weighted by Gasteiger charge is 2.01. The van der Waals surface area contributed by atoms with Crippen LogP contribution in [-0.4, -0.2) is 16.4 Å².